The van der Waals surface area contributed by atoms with E-state index in [9.17, 15) is 8.42 Å². The van der Waals surface area contributed by atoms with Gasteiger partial charge in [0.1, 0.15) is 6.10 Å². The van der Waals surface area contributed by atoms with E-state index in [1.165, 1.54) is 0 Å². The average Bonchev–Trinajstić information content (AvgIpc) is 1.78. The van der Waals surface area contributed by atoms with Crippen molar-refractivity contribution >= 4 is 10.1 Å². The Labute approximate surface area is 74.2 Å². The Hall–Kier alpha value is -0.530. The summed E-state index contributed by atoms with van der Waals surface area (Å²) in [6, 6.07) is 0. The van der Waals surface area contributed by atoms with Gasteiger partial charge in [0.25, 0.3) is 10.1 Å². The molecule has 0 aliphatic heterocycles. The Morgan fingerprint density at radius 3 is 1.92 bits per heavy atom. The molecule has 4 heteroatoms. The van der Waals surface area contributed by atoms with Crippen molar-refractivity contribution in [1.82, 2.24) is 0 Å². The van der Waals surface area contributed by atoms with Gasteiger partial charge in [0.05, 0.1) is 6.26 Å². The fraction of sp³-hybridized carbons (Fsp3) is 0.750. The van der Waals surface area contributed by atoms with Crippen LogP contribution in [0.2, 0.25) is 0 Å². The van der Waals surface area contributed by atoms with Gasteiger partial charge in [-0.3, -0.25) is 4.18 Å². The highest BCUT2D eigenvalue weighted by Gasteiger charge is 2.26. The zero-order chi connectivity index (χ0) is 9.99. The van der Waals surface area contributed by atoms with E-state index in [0.29, 0.717) is 0 Å². The second-order valence-electron chi connectivity index (χ2n) is 3.71. The molecular formula is C8H14O3S. The number of hydrogen-bond donors (Lipinski definition) is 0. The SMILES string of the molecule is C#C[C@H](OS(C)(=O)=O)C(C)(C)C. The minimum Gasteiger partial charge on any atom is -0.253 e. The van der Waals surface area contributed by atoms with E-state index in [4.69, 9.17) is 6.42 Å². The summed E-state index contributed by atoms with van der Waals surface area (Å²) in [5.41, 5.74) is -0.363. The first-order valence-corrected chi connectivity index (χ1v) is 5.33. The lowest BCUT2D eigenvalue weighted by Gasteiger charge is -2.24. The zero-order valence-electron chi connectivity index (χ0n) is 7.79. The normalized spacial score (nSPS) is 15.2. The van der Waals surface area contributed by atoms with Crippen molar-refractivity contribution in [2.45, 2.75) is 26.9 Å². The van der Waals surface area contributed by atoms with Crippen LogP contribution >= 0.6 is 0 Å². The molecule has 12 heavy (non-hydrogen) atoms. The second-order valence-corrected chi connectivity index (χ2v) is 5.31. The van der Waals surface area contributed by atoms with Gasteiger partial charge in [0.2, 0.25) is 0 Å². The fourth-order valence-electron chi connectivity index (χ4n) is 0.597. The first-order chi connectivity index (χ1) is 5.17. The Bertz CT molecular complexity index is 276. The van der Waals surface area contributed by atoms with E-state index in [1.54, 1.807) is 0 Å². The van der Waals surface area contributed by atoms with Crippen LogP contribution in [0.15, 0.2) is 0 Å². The highest BCUT2D eigenvalue weighted by Crippen LogP contribution is 2.22. The van der Waals surface area contributed by atoms with Crippen molar-refractivity contribution in [2.75, 3.05) is 6.26 Å². The molecule has 0 spiro atoms. The third-order valence-corrected chi connectivity index (χ3v) is 1.75. The number of rotatable bonds is 2. The molecular weight excluding hydrogens is 176 g/mol. The maximum Gasteiger partial charge on any atom is 0.265 e. The van der Waals surface area contributed by atoms with Gasteiger partial charge in [-0.05, 0) is 0 Å². The Morgan fingerprint density at radius 2 is 1.83 bits per heavy atom. The first-order valence-electron chi connectivity index (χ1n) is 3.51. The molecule has 0 aliphatic rings. The van der Waals surface area contributed by atoms with Gasteiger partial charge in [0, 0.05) is 5.41 Å². The van der Waals surface area contributed by atoms with Crippen LogP contribution in [0.1, 0.15) is 20.8 Å². The van der Waals surface area contributed by atoms with Crippen LogP contribution in [0.3, 0.4) is 0 Å². The maximum absolute atomic E-state index is 10.7. The van der Waals surface area contributed by atoms with Gasteiger partial charge in [0.15, 0.2) is 0 Å². The molecule has 0 aromatic carbocycles. The first kappa shape index (κ1) is 11.5. The second kappa shape index (κ2) is 3.46. The summed E-state index contributed by atoms with van der Waals surface area (Å²) in [5.74, 6) is 2.30. The molecule has 0 amide bonds. The Kier molecular flexibility index (Phi) is 3.31. The molecule has 0 N–H and O–H groups in total. The topological polar surface area (TPSA) is 43.4 Å². The quantitative estimate of drug-likeness (QED) is 0.482. The predicted molar refractivity (Wildman–Crippen MR) is 48.0 cm³/mol. The van der Waals surface area contributed by atoms with E-state index in [0.717, 1.165) is 6.26 Å². The van der Waals surface area contributed by atoms with E-state index >= 15 is 0 Å². The van der Waals surface area contributed by atoms with Gasteiger partial charge in [-0.15, -0.1) is 6.42 Å². The summed E-state index contributed by atoms with van der Waals surface area (Å²) in [6.07, 6.45) is 5.41. The van der Waals surface area contributed by atoms with Gasteiger partial charge in [-0.2, -0.15) is 8.42 Å². The van der Waals surface area contributed by atoms with E-state index < -0.39 is 16.2 Å². The van der Waals surface area contributed by atoms with Gasteiger partial charge in [-0.1, -0.05) is 26.7 Å². The van der Waals surface area contributed by atoms with Crippen molar-refractivity contribution in [1.29, 1.82) is 0 Å². The van der Waals surface area contributed by atoms with Crippen molar-refractivity contribution in [2.24, 2.45) is 5.41 Å². The van der Waals surface area contributed by atoms with Crippen molar-refractivity contribution < 1.29 is 12.6 Å². The van der Waals surface area contributed by atoms with Crippen molar-refractivity contribution in [3.63, 3.8) is 0 Å². The van der Waals surface area contributed by atoms with Gasteiger partial charge >= 0.3 is 0 Å². The molecule has 3 nitrogen and oxygen atoms in total. The molecule has 0 unspecified atom stereocenters. The molecule has 0 aromatic heterocycles. The van der Waals surface area contributed by atoms with Crippen LogP contribution < -0.4 is 0 Å². The summed E-state index contributed by atoms with van der Waals surface area (Å²) in [6.45, 7) is 5.47. The highest BCUT2D eigenvalue weighted by molar-refractivity contribution is 7.86. The Balaban J connectivity index is 4.55. The van der Waals surface area contributed by atoms with Crippen LogP contribution in [-0.4, -0.2) is 20.8 Å². The molecule has 0 bridgehead atoms. The molecule has 0 aliphatic carbocycles. The zero-order valence-corrected chi connectivity index (χ0v) is 8.60. The molecule has 0 heterocycles. The third kappa shape index (κ3) is 4.37. The molecule has 0 radical (unpaired) electrons. The monoisotopic (exact) mass is 190 g/mol. The number of hydrogen-bond acceptors (Lipinski definition) is 3. The molecule has 70 valence electrons. The lowest BCUT2D eigenvalue weighted by molar-refractivity contribution is 0.145. The van der Waals surface area contributed by atoms with Crippen molar-refractivity contribution in [3.05, 3.63) is 0 Å². The Morgan fingerprint density at radius 1 is 1.42 bits per heavy atom. The summed E-state index contributed by atoms with van der Waals surface area (Å²) in [7, 11) is -3.46. The van der Waals surface area contributed by atoms with E-state index in [-0.39, 0.29) is 5.41 Å². The largest absolute Gasteiger partial charge is 0.265 e. The van der Waals surface area contributed by atoms with Crippen LogP contribution in [0.4, 0.5) is 0 Å². The standard InChI is InChI=1S/C8H14O3S/c1-6-7(8(2,3)4)11-12(5,9)10/h1,7H,2-5H3/t7-/m0/s1. The number of terminal acetylenes is 1. The van der Waals surface area contributed by atoms with E-state index in [2.05, 4.69) is 10.1 Å². The molecule has 0 saturated carbocycles. The van der Waals surface area contributed by atoms with Gasteiger partial charge in [-0.25, -0.2) is 0 Å². The van der Waals surface area contributed by atoms with Crippen LogP contribution in [0.25, 0.3) is 0 Å². The third-order valence-electron chi connectivity index (χ3n) is 1.21. The fourth-order valence-corrected chi connectivity index (χ4v) is 1.29. The van der Waals surface area contributed by atoms with Crippen molar-refractivity contribution in [3.8, 4) is 12.3 Å². The van der Waals surface area contributed by atoms with Crippen LogP contribution in [0.5, 0.6) is 0 Å². The lowest BCUT2D eigenvalue weighted by Crippen LogP contribution is -2.29. The summed E-state index contributed by atoms with van der Waals surface area (Å²) >= 11 is 0. The highest BCUT2D eigenvalue weighted by atomic mass is 32.2. The predicted octanol–water partition coefficient (Wildman–Crippen LogP) is 1.01. The van der Waals surface area contributed by atoms with Crippen LogP contribution in [-0.2, 0) is 14.3 Å². The minimum atomic E-state index is -3.46. The summed E-state index contributed by atoms with van der Waals surface area (Å²) in [5, 5.41) is 0. The maximum atomic E-state index is 10.7. The lowest BCUT2D eigenvalue weighted by atomic mass is 9.90. The molecule has 0 rings (SSSR count). The van der Waals surface area contributed by atoms with E-state index in [1.807, 2.05) is 20.8 Å². The molecule has 0 fully saturated rings. The average molecular weight is 190 g/mol. The summed E-state index contributed by atoms with van der Waals surface area (Å²) in [4.78, 5) is 0. The molecule has 0 saturated heterocycles. The van der Waals surface area contributed by atoms with Gasteiger partial charge < -0.3 is 0 Å². The molecule has 0 aromatic rings. The summed E-state index contributed by atoms with van der Waals surface area (Å²) < 4.78 is 26.1. The molecule has 1 atom stereocenters. The minimum absolute atomic E-state index is 0.363. The van der Waals surface area contributed by atoms with Crippen LogP contribution in [0, 0.1) is 17.8 Å². The smallest absolute Gasteiger partial charge is 0.253 e.